The van der Waals surface area contributed by atoms with Gasteiger partial charge in [-0.05, 0) is 55.4 Å². The lowest BCUT2D eigenvalue weighted by molar-refractivity contribution is -0.132. The maximum atomic E-state index is 13.2. The van der Waals surface area contributed by atoms with Gasteiger partial charge in [-0.2, -0.15) is 0 Å². The SMILES string of the molecule is O=C(CCNC1CCc2cc(F)ccc21)N1CCCCC1. The highest BCUT2D eigenvalue weighted by Gasteiger charge is 2.23. The van der Waals surface area contributed by atoms with E-state index >= 15 is 0 Å². The van der Waals surface area contributed by atoms with Gasteiger partial charge >= 0.3 is 0 Å². The number of piperidine rings is 1. The Morgan fingerprint density at radius 3 is 2.90 bits per heavy atom. The van der Waals surface area contributed by atoms with Crippen LogP contribution in [0.3, 0.4) is 0 Å². The minimum Gasteiger partial charge on any atom is -0.343 e. The van der Waals surface area contributed by atoms with Gasteiger partial charge in [-0.3, -0.25) is 4.79 Å². The van der Waals surface area contributed by atoms with Gasteiger partial charge < -0.3 is 10.2 Å². The van der Waals surface area contributed by atoms with Gasteiger partial charge in [-0.15, -0.1) is 0 Å². The Morgan fingerprint density at radius 2 is 2.10 bits per heavy atom. The van der Waals surface area contributed by atoms with E-state index in [2.05, 4.69) is 5.32 Å². The highest BCUT2D eigenvalue weighted by Crippen LogP contribution is 2.31. The molecule has 0 bridgehead atoms. The Bertz CT molecular complexity index is 512. The summed E-state index contributed by atoms with van der Waals surface area (Å²) in [4.78, 5) is 14.1. The second-order valence-electron chi connectivity index (χ2n) is 6.08. The molecule has 21 heavy (non-hydrogen) atoms. The number of benzene rings is 1. The van der Waals surface area contributed by atoms with Crippen molar-refractivity contribution in [1.29, 1.82) is 0 Å². The molecule has 3 rings (SSSR count). The zero-order chi connectivity index (χ0) is 14.7. The van der Waals surface area contributed by atoms with Crippen molar-refractivity contribution < 1.29 is 9.18 Å². The molecule has 3 nitrogen and oxygen atoms in total. The Kier molecular flexibility index (Phi) is 4.54. The molecular formula is C17H23FN2O. The van der Waals surface area contributed by atoms with Crippen molar-refractivity contribution in [1.82, 2.24) is 10.2 Å². The van der Waals surface area contributed by atoms with Gasteiger partial charge in [-0.25, -0.2) is 4.39 Å². The standard InChI is InChI=1S/C17H23FN2O/c18-14-5-6-15-13(12-14)4-7-16(15)19-9-8-17(21)20-10-2-1-3-11-20/h5-6,12,16,19H,1-4,7-11H2. The first-order valence-electron chi connectivity index (χ1n) is 8.03. The summed E-state index contributed by atoms with van der Waals surface area (Å²) in [6.45, 7) is 2.55. The summed E-state index contributed by atoms with van der Waals surface area (Å²) in [6.07, 6.45) is 6.01. The Hall–Kier alpha value is -1.42. The quantitative estimate of drug-likeness (QED) is 0.925. The van der Waals surface area contributed by atoms with Crippen LogP contribution in [0, 0.1) is 5.82 Å². The van der Waals surface area contributed by atoms with Gasteiger partial charge in [0.15, 0.2) is 0 Å². The zero-order valence-corrected chi connectivity index (χ0v) is 12.4. The van der Waals surface area contributed by atoms with Crippen molar-refractivity contribution in [2.75, 3.05) is 19.6 Å². The first-order valence-corrected chi connectivity index (χ1v) is 8.03. The van der Waals surface area contributed by atoms with Crippen LogP contribution in [0.2, 0.25) is 0 Å². The van der Waals surface area contributed by atoms with Crippen LogP contribution >= 0.6 is 0 Å². The van der Waals surface area contributed by atoms with E-state index < -0.39 is 0 Å². The molecule has 1 fully saturated rings. The number of nitrogens with zero attached hydrogens (tertiary/aromatic N) is 1. The fraction of sp³-hybridized carbons (Fsp3) is 0.588. The molecular weight excluding hydrogens is 267 g/mol. The van der Waals surface area contributed by atoms with Crippen molar-refractivity contribution >= 4 is 5.91 Å². The molecule has 1 heterocycles. The number of nitrogens with one attached hydrogen (secondary N) is 1. The van der Waals surface area contributed by atoms with E-state index in [1.54, 1.807) is 6.07 Å². The molecule has 4 heteroatoms. The highest BCUT2D eigenvalue weighted by molar-refractivity contribution is 5.76. The van der Waals surface area contributed by atoms with Gasteiger partial charge in [0.1, 0.15) is 5.82 Å². The van der Waals surface area contributed by atoms with Gasteiger partial charge in [0, 0.05) is 32.1 Å². The fourth-order valence-electron chi connectivity index (χ4n) is 3.45. The number of fused-ring (bicyclic) bond motifs is 1. The largest absolute Gasteiger partial charge is 0.343 e. The summed E-state index contributed by atoms with van der Waals surface area (Å²) in [6, 6.07) is 5.31. The summed E-state index contributed by atoms with van der Waals surface area (Å²) >= 11 is 0. The Morgan fingerprint density at radius 1 is 1.29 bits per heavy atom. The summed E-state index contributed by atoms with van der Waals surface area (Å²) in [5.41, 5.74) is 2.30. The Labute approximate surface area is 125 Å². The molecule has 0 saturated carbocycles. The lowest BCUT2D eigenvalue weighted by Crippen LogP contribution is -2.37. The highest BCUT2D eigenvalue weighted by atomic mass is 19.1. The average molecular weight is 290 g/mol. The third-order valence-electron chi connectivity index (χ3n) is 4.62. The van der Waals surface area contributed by atoms with Crippen molar-refractivity contribution in [3.05, 3.63) is 35.1 Å². The minimum atomic E-state index is -0.158. The number of hydrogen-bond acceptors (Lipinski definition) is 2. The van der Waals surface area contributed by atoms with Crippen LogP contribution in [0.1, 0.15) is 49.3 Å². The number of rotatable bonds is 4. The maximum absolute atomic E-state index is 13.2. The third kappa shape index (κ3) is 3.43. The second kappa shape index (κ2) is 6.56. The number of aryl methyl sites for hydroxylation is 1. The molecule has 0 radical (unpaired) electrons. The molecule has 1 atom stereocenters. The number of amides is 1. The van der Waals surface area contributed by atoms with E-state index in [1.807, 2.05) is 11.0 Å². The Balaban J connectivity index is 1.47. The van der Waals surface area contributed by atoms with Crippen LogP contribution in [0.4, 0.5) is 4.39 Å². The van der Waals surface area contributed by atoms with Crippen LogP contribution in [0.5, 0.6) is 0 Å². The van der Waals surface area contributed by atoms with E-state index in [4.69, 9.17) is 0 Å². The number of hydrogen-bond donors (Lipinski definition) is 1. The predicted molar refractivity (Wildman–Crippen MR) is 80.5 cm³/mol. The number of carbonyl (C=O) groups is 1. The van der Waals surface area contributed by atoms with Crippen LogP contribution in [0.25, 0.3) is 0 Å². The van der Waals surface area contributed by atoms with Crippen LogP contribution in [-0.4, -0.2) is 30.4 Å². The van der Waals surface area contributed by atoms with Gasteiger partial charge in [-0.1, -0.05) is 6.07 Å². The molecule has 1 unspecified atom stereocenters. The molecule has 1 aliphatic carbocycles. The van der Waals surface area contributed by atoms with Crippen molar-refractivity contribution in [2.45, 2.75) is 44.6 Å². The lowest BCUT2D eigenvalue weighted by atomic mass is 10.1. The molecule has 1 N–H and O–H groups in total. The van der Waals surface area contributed by atoms with Crippen LogP contribution < -0.4 is 5.32 Å². The first kappa shape index (κ1) is 14.5. The number of carbonyl (C=O) groups excluding carboxylic acids is 1. The summed E-state index contributed by atoms with van der Waals surface area (Å²) < 4.78 is 13.2. The average Bonchev–Trinajstić information content (AvgIpc) is 2.90. The molecule has 1 amide bonds. The molecule has 1 aliphatic heterocycles. The normalized spacial score (nSPS) is 21.4. The summed E-state index contributed by atoms with van der Waals surface area (Å²) in [7, 11) is 0. The monoisotopic (exact) mass is 290 g/mol. The van der Waals surface area contributed by atoms with Gasteiger partial charge in [0.05, 0.1) is 0 Å². The second-order valence-corrected chi connectivity index (χ2v) is 6.08. The molecule has 0 aromatic heterocycles. The molecule has 0 spiro atoms. The van der Waals surface area contributed by atoms with Crippen molar-refractivity contribution in [3.63, 3.8) is 0 Å². The number of likely N-dealkylation sites (tertiary alicyclic amines) is 1. The smallest absolute Gasteiger partial charge is 0.223 e. The lowest BCUT2D eigenvalue weighted by Gasteiger charge is -2.27. The molecule has 114 valence electrons. The third-order valence-corrected chi connectivity index (χ3v) is 4.62. The maximum Gasteiger partial charge on any atom is 0.223 e. The molecule has 1 aromatic rings. The predicted octanol–water partition coefficient (Wildman–Crippen LogP) is 2.81. The number of halogens is 1. The van der Waals surface area contributed by atoms with Gasteiger partial charge in [0.25, 0.3) is 0 Å². The van der Waals surface area contributed by atoms with Crippen LogP contribution in [-0.2, 0) is 11.2 Å². The minimum absolute atomic E-state index is 0.158. The zero-order valence-electron chi connectivity index (χ0n) is 12.4. The van der Waals surface area contributed by atoms with E-state index in [1.165, 1.54) is 18.1 Å². The van der Waals surface area contributed by atoms with E-state index in [0.29, 0.717) is 13.0 Å². The van der Waals surface area contributed by atoms with Gasteiger partial charge in [0.2, 0.25) is 5.91 Å². The molecule has 1 aromatic carbocycles. The van der Waals surface area contributed by atoms with Crippen molar-refractivity contribution in [2.24, 2.45) is 0 Å². The summed E-state index contributed by atoms with van der Waals surface area (Å²) in [5, 5.41) is 3.46. The summed E-state index contributed by atoms with van der Waals surface area (Å²) in [5.74, 6) is 0.106. The fourth-order valence-corrected chi connectivity index (χ4v) is 3.45. The van der Waals surface area contributed by atoms with E-state index in [0.717, 1.165) is 44.3 Å². The first-order chi connectivity index (χ1) is 10.2. The van der Waals surface area contributed by atoms with Crippen molar-refractivity contribution in [3.8, 4) is 0 Å². The van der Waals surface area contributed by atoms with E-state index in [-0.39, 0.29) is 17.8 Å². The van der Waals surface area contributed by atoms with Crippen LogP contribution in [0.15, 0.2) is 18.2 Å². The topological polar surface area (TPSA) is 32.3 Å². The van der Waals surface area contributed by atoms with E-state index in [9.17, 15) is 9.18 Å². The molecule has 1 saturated heterocycles. The molecule has 2 aliphatic rings.